The van der Waals surface area contributed by atoms with E-state index in [1.807, 2.05) is 26.8 Å². The Kier molecular flexibility index (Phi) is 7.07. The van der Waals surface area contributed by atoms with E-state index in [2.05, 4.69) is 5.32 Å². The van der Waals surface area contributed by atoms with Gasteiger partial charge in [-0.25, -0.2) is 4.79 Å². The Morgan fingerprint density at radius 1 is 1.32 bits per heavy atom. The van der Waals surface area contributed by atoms with E-state index in [-0.39, 0.29) is 63.0 Å². The van der Waals surface area contributed by atoms with Crippen molar-refractivity contribution in [2.24, 2.45) is 0 Å². The van der Waals surface area contributed by atoms with Crippen LogP contribution >= 0.6 is 0 Å². The third kappa shape index (κ3) is 5.35. The van der Waals surface area contributed by atoms with E-state index in [0.717, 1.165) is 11.1 Å². The number of carbonyl (C=O) groups excluding carboxylic acids is 2. The number of ether oxygens (including phenoxy) is 1. The number of hydrogen-bond acceptors (Lipinski definition) is 4. The molecular formula is C16H20KNO4-. The maximum atomic E-state index is 11.8. The number of aromatic carboxylic acids is 1. The Morgan fingerprint density at radius 2 is 2.00 bits per heavy atom. The van der Waals surface area contributed by atoms with E-state index in [9.17, 15) is 14.7 Å². The van der Waals surface area contributed by atoms with Crippen LogP contribution in [0.5, 0.6) is 0 Å². The molecule has 0 aromatic heterocycles. The molecule has 1 radical (unpaired) electrons. The Labute approximate surface area is 173 Å². The summed E-state index contributed by atoms with van der Waals surface area (Å²) >= 11 is 0. The zero-order valence-electron chi connectivity index (χ0n) is 13.6. The van der Waals surface area contributed by atoms with Crippen molar-refractivity contribution in [2.45, 2.75) is 51.7 Å². The van der Waals surface area contributed by atoms with Crippen molar-refractivity contribution in [1.82, 2.24) is 5.32 Å². The van der Waals surface area contributed by atoms with Crippen LogP contribution in [0.2, 0.25) is 0 Å². The average molecular weight is 329 g/mol. The van der Waals surface area contributed by atoms with Gasteiger partial charge in [-0.1, -0.05) is 18.2 Å². The summed E-state index contributed by atoms with van der Waals surface area (Å²) in [5, 5.41) is 13.9. The van der Waals surface area contributed by atoms with Crippen molar-refractivity contribution in [3.63, 3.8) is 0 Å². The summed E-state index contributed by atoms with van der Waals surface area (Å²) in [4.78, 5) is 22.9. The monoisotopic (exact) mass is 329 g/mol. The molecule has 115 valence electrons. The van der Waals surface area contributed by atoms with Gasteiger partial charge in [0.25, 0.3) is 0 Å². The summed E-state index contributed by atoms with van der Waals surface area (Å²) in [6.45, 7) is 5.44. The van der Waals surface area contributed by atoms with Crippen LogP contribution in [-0.4, -0.2) is 75.1 Å². The molecule has 0 bridgehead atoms. The van der Waals surface area contributed by atoms with Crippen LogP contribution < -0.4 is 10.4 Å². The Morgan fingerprint density at radius 3 is 2.59 bits per heavy atom. The van der Waals surface area contributed by atoms with Gasteiger partial charge < -0.3 is 20.0 Å². The molecule has 0 heterocycles. The predicted molar refractivity (Wildman–Crippen MR) is 81.7 cm³/mol. The van der Waals surface area contributed by atoms with Crippen LogP contribution in [0.1, 0.15) is 48.7 Å². The van der Waals surface area contributed by atoms with Crippen LogP contribution in [0.25, 0.3) is 0 Å². The number of carbonyl (C=O) groups is 2. The van der Waals surface area contributed by atoms with E-state index in [1.54, 1.807) is 12.1 Å². The fourth-order valence-electron chi connectivity index (χ4n) is 2.60. The second-order valence-electron chi connectivity index (χ2n) is 6.32. The molecule has 5 nitrogen and oxygen atoms in total. The number of rotatable bonds is 2. The summed E-state index contributed by atoms with van der Waals surface area (Å²) in [5.74, 6) is -1.15. The molecule has 1 unspecified atom stereocenters. The fraction of sp³-hybridized carbons (Fsp3) is 0.500. The Balaban J connectivity index is 0.00000242. The van der Waals surface area contributed by atoms with Gasteiger partial charge in [0, 0.05) is 63.0 Å². The number of carboxylic acid groups (broad SMARTS) is 1. The smallest absolute Gasteiger partial charge is 0.407 e. The van der Waals surface area contributed by atoms with Crippen molar-refractivity contribution in [1.29, 1.82) is 0 Å². The SMILES string of the molecule is CC(C)(C)OC(=O)NC1CCc2c(cccc2C(=O)[O-])C1.[K]. The molecular weight excluding hydrogens is 309 g/mol. The standard InChI is InChI=1S/C16H21NO4.K/c1-16(2,3)21-15(20)17-11-7-8-12-10(9-11)5-4-6-13(12)14(18)19;/h4-6,11H,7-9H2,1-3H3,(H,17,20)(H,18,19);/p-1. The van der Waals surface area contributed by atoms with Crippen molar-refractivity contribution in [3.05, 3.63) is 34.9 Å². The number of carboxylic acids is 1. The maximum absolute atomic E-state index is 11.8. The van der Waals surface area contributed by atoms with Crippen LogP contribution in [0, 0.1) is 0 Å². The number of amides is 1. The second-order valence-corrected chi connectivity index (χ2v) is 6.32. The first kappa shape index (κ1) is 19.6. The van der Waals surface area contributed by atoms with Crippen molar-refractivity contribution >= 4 is 63.4 Å². The molecule has 1 aromatic carbocycles. The third-order valence-electron chi connectivity index (χ3n) is 3.42. The van der Waals surface area contributed by atoms with Crippen molar-refractivity contribution < 1.29 is 19.4 Å². The molecule has 1 aliphatic carbocycles. The summed E-state index contributed by atoms with van der Waals surface area (Å²) in [5.41, 5.74) is 1.49. The zero-order valence-corrected chi connectivity index (χ0v) is 16.7. The predicted octanol–water partition coefficient (Wildman–Crippen LogP) is 1.05. The fourth-order valence-corrected chi connectivity index (χ4v) is 2.60. The third-order valence-corrected chi connectivity index (χ3v) is 3.42. The first-order valence-corrected chi connectivity index (χ1v) is 7.08. The molecule has 0 aliphatic heterocycles. The first-order chi connectivity index (χ1) is 9.76. The zero-order chi connectivity index (χ0) is 15.6. The Hall–Kier alpha value is -0.404. The second kappa shape index (κ2) is 7.92. The van der Waals surface area contributed by atoms with E-state index in [0.29, 0.717) is 19.3 Å². The molecule has 1 aromatic rings. The van der Waals surface area contributed by atoms with Crippen LogP contribution in [0.15, 0.2) is 18.2 Å². The van der Waals surface area contributed by atoms with Gasteiger partial charge in [0.1, 0.15) is 5.60 Å². The minimum atomic E-state index is -1.15. The minimum Gasteiger partial charge on any atom is -0.545 e. The van der Waals surface area contributed by atoms with Crippen LogP contribution in [0.4, 0.5) is 4.79 Å². The van der Waals surface area contributed by atoms with E-state index in [4.69, 9.17) is 4.74 Å². The topological polar surface area (TPSA) is 78.5 Å². The van der Waals surface area contributed by atoms with Crippen LogP contribution in [0.3, 0.4) is 0 Å². The van der Waals surface area contributed by atoms with Gasteiger partial charge in [-0.15, -0.1) is 0 Å². The largest absolute Gasteiger partial charge is 0.545 e. The molecule has 0 saturated carbocycles. The minimum absolute atomic E-state index is 0. The Bertz CT molecular complexity index is 566. The van der Waals surface area contributed by atoms with E-state index >= 15 is 0 Å². The number of benzene rings is 1. The van der Waals surface area contributed by atoms with Gasteiger partial charge in [0.05, 0.1) is 5.97 Å². The molecule has 0 spiro atoms. The molecule has 6 heteroatoms. The number of alkyl carbamates (subject to hydrolysis) is 1. The average Bonchev–Trinajstić information content (AvgIpc) is 2.35. The summed E-state index contributed by atoms with van der Waals surface area (Å²) in [7, 11) is 0. The van der Waals surface area contributed by atoms with E-state index in [1.165, 1.54) is 0 Å². The normalized spacial score (nSPS) is 17.0. The molecule has 1 amide bonds. The molecule has 1 N–H and O–H groups in total. The molecule has 1 aliphatic rings. The summed E-state index contributed by atoms with van der Waals surface area (Å²) < 4.78 is 5.24. The number of hydrogen-bond donors (Lipinski definition) is 1. The van der Waals surface area contributed by atoms with E-state index < -0.39 is 17.7 Å². The number of fused-ring (bicyclic) bond motifs is 1. The molecule has 0 saturated heterocycles. The van der Waals surface area contributed by atoms with Gasteiger partial charge in [0.2, 0.25) is 0 Å². The first-order valence-electron chi connectivity index (χ1n) is 7.08. The molecule has 0 fully saturated rings. The summed E-state index contributed by atoms with van der Waals surface area (Å²) in [6.07, 6.45) is 1.47. The number of nitrogens with one attached hydrogen (secondary N) is 1. The van der Waals surface area contributed by atoms with Gasteiger partial charge in [-0.3, -0.25) is 0 Å². The van der Waals surface area contributed by atoms with Crippen molar-refractivity contribution in [2.75, 3.05) is 0 Å². The van der Waals surface area contributed by atoms with Crippen molar-refractivity contribution in [3.8, 4) is 0 Å². The maximum Gasteiger partial charge on any atom is 0.407 e. The molecule has 1 atom stereocenters. The van der Waals surface area contributed by atoms with Gasteiger partial charge in [0.15, 0.2) is 0 Å². The van der Waals surface area contributed by atoms with Gasteiger partial charge in [-0.05, 0) is 51.2 Å². The van der Waals surface area contributed by atoms with Gasteiger partial charge >= 0.3 is 6.09 Å². The van der Waals surface area contributed by atoms with Gasteiger partial charge in [-0.2, -0.15) is 0 Å². The molecule has 22 heavy (non-hydrogen) atoms. The van der Waals surface area contributed by atoms with Crippen LogP contribution in [-0.2, 0) is 17.6 Å². The molecule has 2 rings (SSSR count). The summed E-state index contributed by atoms with van der Waals surface area (Å²) in [6, 6.07) is 5.13. The quantitative estimate of drug-likeness (QED) is 0.823.